The first kappa shape index (κ1) is 13.5. The fourth-order valence-electron chi connectivity index (χ4n) is 3.32. The number of fused-ring (bicyclic) bond motifs is 1. The van der Waals surface area contributed by atoms with Crippen LogP contribution >= 0.6 is 0 Å². The molecule has 2 heterocycles. The molecule has 0 bridgehead atoms. The lowest BCUT2D eigenvalue weighted by molar-refractivity contribution is -0.120. The van der Waals surface area contributed by atoms with E-state index in [1.165, 1.54) is 0 Å². The van der Waals surface area contributed by atoms with E-state index < -0.39 is 5.41 Å². The van der Waals surface area contributed by atoms with Crippen molar-refractivity contribution in [2.45, 2.75) is 30.8 Å². The van der Waals surface area contributed by atoms with Crippen LogP contribution in [0, 0.1) is 0 Å². The van der Waals surface area contributed by atoms with Crippen LogP contribution in [0.3, 0.4) is 0 Å². The summed E-state index contributed by atoms with van der Waals surface area (Å²) in [6.07, 6.45) is 4.00. The van der Waals surface area contributed by atoms with Gasteiger partial charge in [0.05, 0.1) is 17.2 Å². The number of rotatable bonds is 3. The largest absolute Gasteiger partial charge is 0.391 e. The monoisotopic (exact) mass is 297 g/mol. The summed E-state index contributed by atoms with van der Waals surface area (Å²) in [5.74, 6) is -0.276. The van der Waals surface area contributed by atoms with Gasteiger partial charge in [-0.05, 0) is 42.8 Å². The maximum atomic E-state index is 11.6. The molecule has 1 aliphatic heterocycles. The summed E-state index contributed by atoms with van der Waals surface area (Å²) in [4.78, 5) is 18.3. The number of aliphatic hydroxyl groups is 1. The van der Waals surface area contributed by atoms with E-state index in [1.54, 1.807) is 0 Å². The molecular formula is C17H19N3O2. The molecule has 1 aliphatic carbocycles. The van der Waals surface area contributed by atoms with Crippen LogP contribution in [0.2, 0.25) is 0 Å². The van der Waals surface area contributed by atoms with Gasteiger partial charge in [0.2, 0.25) is 5.91 Å². The molecule has 4 rings (SSSR count). The summed E-state index contributed by atoms with van der Waals surface area (Å²) in [6.45, 7) is 1.56. The van der Waals surface area contributed by atoms with Crippen molar-refractivity contribution in [1.29, 1.82) is 0 Å². The third-order valence-corrected chi connectivity index (χ3v) is 4.95. The van der Waals surface area contributed by atoms with Gasteiger partial charge in [0.15, 0.2) is 0 Å². The first-order valence-corrected chi connectivity index (χ1v) is 7.72. The Morgan fingerprint density at radius 2 is 2.14 bits per heavy atom. The summed E-state index contributed by atoms with van der Waals surface area (Å²) in [5.41, 5.74) is 6.88. The quantitative estimate of drug-likeness (QED) is 0.895. The number of β-amino-alcohol motifs (C(OH)–C–C–N with tert-alkyl or cyclic N) is 1. The molecule has 5 heteroatoms. The lowest BCUT2D eigenvalue weighted by Crippen LogP contribution is -2.29. The van der Waals surface area contributed by atoms with Gasteiger partial charge in [-0.1, -0.05) is 6.07 Å². The normalized spacial score (nSPS) is 23.0. The molecule has 1 saturated heterocycles. The summed E-state index contributed by atoms with van der Waals surface area (Å²) < 4.78 is 0. The van der Waals surface area contributed by atoms with Crippen LogP contribution in [0.1, 0.15) is 25.0 Å². The minimum atomic E-state index is -0.536. The van der Waals surface area contributed by atoms with Crippen molar-refractivity contribution in [3.8, 4) is 0 Å². The minimum Gasteiger partial charge on any atom is -0.391 e. The Morgan fingerprint density at radius 1 is 1.32 bits per heavy atom. The number of anilines is 1. The number of nitrogens with two attached hydrogens (primary N) is 1. The second kappa shape index (κ2) is 4.68. The molecule has 22 heavy (non-hydrogen) atoms. The third kappa shape index (κ3) is 2.04. The number of nitrogens with zero attached hydrogens (tertiary/aromatic N) is 2. The van der Waals surface area contributed by atoms with Crippen LogP contribution in [0.4, 0.5) is 5.69 Å². The highest BCUT2D eigenvalue weighted by Gasteiger charge is 2.51. The van der Waals surface area contributed by atoms with Gasteiger partial charge in [0.25, 0.3) is 0 Å². The number of carbonyl (C=O) groups is 1. The van der Waals surface area contributed by atoms with E-state index in [9.17, 15) is 9.90 Å². The number of aliphatic hydroxyl groups excluding tert-OH is 1. The van der Waals surface area contributed by atoms with E-state index in [0.29, 0.717) is 6.54 Å². The molecule has 1 aromatic heterocycles. The average Bonchev–Trinajstić information content (AvgIpc) is 3.23. The lowest BCUT2D eigenvalue weighted by atomic mass is 9.99. The summed E-state index contributed by atoms with van der Waals surface area (Å²) in [6, 6.07) is 8.19. The van der Waals surface area contributed by atoms with Crippen molar-refractivity contribution in [3.63, 3.8) is 0 Å². The molecule has 0 radical (unpaired) electrons. The van der Waals surface area contributed by atoms with Gasteiger partial charge in [-0.25, -0.2) is 0 Å². The zero-order valence-corrected chi connectivity index (χ0v) is 12.3. The number of pyridine rings is 1. The van der Waals surface area contributed by atoms with E-state index in [2.05, 4.69) is 28.1 Å². The number of benzene rings is 1. The highest BCUT2D eigenvalue weighted by molar-refractivity contribution is 5.92. The van der Waals surface area contributed by atoms with Crippen LogP contribution in [-0.4, -0.2) is 35.2 Å². The molecule has 1 atom stereocenters. The Kier molecular flexibility index (Phi) is 2.87. The predicted molar refractivity (Wildman–Crippen MR) is 84.7 cm³/mol. The molecule has 2 aromatic rings. The first-order chi connectivity index (χ1) is 10.6. The van der Waals surface area contributed by atoms with Gasteiger partial charge >= 0.3 is 0 Å². The second-order valence-electron chi connectivity index (χ2n) is 6.44. The van der Waals surface area contributed by atoms with Crippen molar-refractivity contribution < 1.29 is 9.90 Å². The third-order valence-electron chi connectivity index (χ3n) is 4.95. The molecule has 2 fully saturated rings. The van der Waals surface area contributed by atoms with Crippen LogP contribution in [0.15, 0.2) is 30.5 Å². The Labute approximate surface area is 128 Å². The van der Waals surface area contributed by atoms with Crippen molar-refractivity contribution in [2.75, 3.05) is 18.0 Å². The minimum absolute atomic E-state index is 0.235. The second-order valence-corrected chi connectivity index (χ2v) is 6.44. The molecule has 1 amide bonds. The Morgan fingerprint density at radius 3 is 2.77 bits per heavy atom. The maximum Gasteiger partial charge on any atom is 0.229 e. The van der Waals surface area contributed by atoms with Crippen molar-refractivity contribution in [2.24, 2.45) is 5.73 Å². The Bertz CT molecular complexity index is 755. The molecule has 1 aromatic carbocycles. The molecular weight excluding hydrogens is 278 g/mol. The summed E-state index contributed by atoms with van der Waals surface area (Å²) >= 11 is 0. The number of carbonyl (C=O) groups excluding carboxylic acids is 1. The number of hydrogen-bond acceptors (Lipinski definition) is 4. The van der Waals surface area contributed by atoms with E-state index in [4.69, 9.17) is 5.73 Å². The zero-order valence-electron chi connectivity index (χ0n) is 12.3. The van der Waals surface area contributed by atoms with Gasteiger partial charge in [0, 0.05) is 30.4 Å². The van der Waals surface area contributed by atoms with E-state index in [0.717, 1.165) is 48.0 Å². The van der Waals surface area contributed by atoms with E-state index in [-0.39, 0.29) is 12.0 Å². The van der Waals surface area contributed by atoms with Crippen LogP contribution < -0.4 is 10.6 Å². The zero-order chi connectivity index (χ0) is 15.3. The van der Waals surface area contributed by atoms with Crippen LogP contribution in [-0.2, 0) is 10.2 Å². The van der Waals surface area contributed by atoms with Gasteiger partial charge < -0.3 is 15.7 Å². The number of amides is 1. The van der Waals surface area contributed by atoms with Crippen LogP contribution in [0.25, 0.3) is 10.8 Å². The molecule has 1 saturated carbocycles. The molecule has 1 unspecified atom stereocenters. The van der Waals surface area contributed by atoms with Gasteiger partial charge in [0.1, 0.15) is 0 Å². The predicted octanol–water partition coefficient (Wildman–Crippen LogP) is 1.32. The fourth-order valence-corrected chi connectivity index (χ4v) is 3.32. The van der Waals surface area contributed by atoms with E-state index >= 15 is 0 Å². The van der Waals surface area contributed by atoms with Crippen molar-refractivity contribution >= 4 is 22.4 Å². The standard InChI is InChI=1S/C17H19N3O2/c18-16(22)17(4-5-17)15-8-11-1-2-13(7-12(11)9-19-15)20-6-3-14(21)10-20/h1-2,7-9,14,21H,3-6,10H2,(H2,18,22). The molecule has 3 N–H and O–H groups in total. The first-order valence-electron chi connectivity index (χ1n) is 7.72. The van der Waals surface area contributed by atoms with Crippen molar-refractivity contribution in [3.05, 3.63) is 36.2 Å². The number of primary amides is 1. The molecule has 2 aliphatic rings. The highest BCUT2D eigenvalue weighted by Crippen LogP contribution is 2.47. The van der Waals surface area contributed by atoms with Crippen molar-refractivity contribution in [1.82, 2.24) is 4.98 Å². The summed E-state index contributed by atoms with van der Waals surface area (Å²) in [5, 5.41) is 11.8. The lowest BCUT2D eigenvalue weighted by Gasteiger charge is -2.18. The van der Waals surface area contributed by atoms with Crippen LogP contribution in [0.5, 0.6) is 0 Å². The number of aromatic nitrogens is 1. The summed E-state index contributed by atoms with van der Waals surface area (Å²) in [7, 11) is 0. The molecule has 5 nitrogen and oxygen atoms in total. The van der Waals surface area contributed by atoms with E-state index in [1.807, 2.05) is 12.3 Å². The topological polar surface area (TPSA) is 79.5 Å². The molecule has 114 valence electrons. The van der Waals surface area contributed by atoms with Gasteiger partial charge in [-0.2, -0.15) is 0 Å². The average molecular weight is 297 g/mol. The maximum absolute atomic E-state index is 11.6. The highest BCUT2D eigenvalue weighted by atomic mass is 16.3. The van der Waals surface area contributed by atoms with Gasteiger partial charge in [-0.15, -0.1) is 0 Å². The Hall–Kier alpha value is -2.14. The fraction of sp³-hybridized carbons (Fsp3) is 0.412. The SMILES string of the molecule is NC(=O)C1(c2cc3ccc(N4CCC(O)C4)cc3cn2)CC1. The smallest absolute Gasteiger partial charge is 0.229 e. The number of hydrogen-bond donors (Lipinski definition) is 2. The Balaban J connectivity index is 1.69. The molecule has 0 spiro atoms. The van der Waals surface area contributed by atoms with Gasteiger partial charge in [-0.3, -0.25) is 9.78 Å².